The van der Waals surface area contributed by atoms with Gasteiger partial charge in [0.2, 0.25) is 0 Å². The molecule has 2 rings (SSSR count). The highest BCUT2D eigenvalue weighted by molar-refractivity contribution is 9.10. The van der Waals surface area contributed by atoms with E-state index in [1.165, 1.54) is 54.6 Å². The Morgan fingerprint density at radius 3 is 2.95 bits per heavy atom. The van der Waals surface area contributed by atoms with Gasteiger partial charge in [0.05, 0.1) is 0 Å². The van der Waals surface area contributed by atoms with Crippen molar-refractivity contribution in [3.05, 3.63) is 28.2 Å². The molecule has 2 unspecified atom stereocenters. The fourth-order valence-electron chi connectivity index (χ4n) is 3.13. The Hall–Kier alpha value is -0.540. The van der Waals surface area contributed by atoms with Crippen LogP contribution >= 0.6 is 15.9 Å². The molecule has 0 aromatic heterocycles. The number of anilines is 1. The Kier molecular flexibility index (Phi) is 5.91. The van der Waals surface area contributed by atoms with Crippen molar-refractivity contribution in [1.82, 2.24) is 4.90 Å². The van der Waals surface area contributed by atoms with Crippen molar-refractivity contribution in [2.75, 3.05) is 25.0 Å². The molecule has 112 valence electrons. The third-order valence-electron chi connectivity index (χ3n) is 4.34. The highest BCUT2D eigenvalue weighted by atomic mass is 79.9. The first-order valence-corrected chi connectivity index (χ1v) is 8.64. The molecular formula is C17H27BrN2. The maximum Gasteiger partial charge on any atom is 0.0345 e. The van der Waals surface area contributed by atoms with Crippen LogP contribution in [0.3, 0.4) is 0 Å². The van der Waals surface area contributed by atoms with E-state index in [1.54, 1.807) is 0 Å². The van der Waals surface area contributed by atoms with Crippen molar-refractivity contribution in [2.45, 2.75) is 46.1 Å². The number of nitrogens with zero attached hydrogens (tertiary/aromatic N) is 1. The highest BCUT2D eigenvalue weighted by Crippen LogP contribution is 2.25. The second-order valence-corrected chi connectivity index (χ2v) is 6.95. The van der Waals surface area contributed by atoms with Crippen LogP contribution in [0.1, 0.15) is 38.7 Å². The lowest BCUT2D eigenvalue weighted by Gasteiger charge is -2.36. The number of hydrogen-bond donors (Lipinski definition) is 1. The predicted molar refractivity (Wildman–Crippen MR) is 91.4 cm³/mol. The summed E-state index contributed by atoms with van der Waals surface area (Å²) in [5.41, 5.74) is 2.53. The van der Waals surface area contributed by atoms with E-state index in [0.717, 1.165) is 5.92 Å². The molecule has 3 heteroatoms. The van der Waals surface area contributed by atoms with Gasteiger partial charge in [-0.25, -0.2) is 0 Å². The molecule has 0 radical (unpaired) electrons. The molecule has 1 saturated heterocycles. The number of halogens is 1. The van der Waals surface area contributed by atoms with Gasteiger partial charge in [-0.15, -0.1) is 0 Å². The Labute approximate surface area is 132 Å². The fourth-order valence-corrected chi connectivity index (χ4v) is 3.38. The quantitative estimate of drug-likeness (QED) is 0.838. The first-order valence-electron chi connectivity index (χ1n) is 7.85. The number of nitrogens with one attached hydrogen (secondary N) is 1. The smallest absolute Gasteiger partial charge is 0.0345 e. The van der Waals surface area contributed by atoms with Crippen molar-refractivity contribution >= 4 is 21.6 Å². The first kappa shape index (κ1) is 15.8. The maximum absolute atomic E-state index is 3.69. The molecule has 20 heavy (non-hydrogen) atoms. The average Bonchev–Trinajstić information content (AvgIpc) is 2.43. The van der Waals surface area contributed by atoms with Crippen LogP contribution in [0.5, 0.6) is 0 Å². The lowest BCUT2D eigenvalue weighted by molar-refractivity contribution is 0.165. The van der Waals surface area contributed by atoms with E-state index >= 15 is 0 Å². The summed E-state index contributed by atoms with van der Waals surface area (Å²) in [6.07, 6.45) is 3.96. The molecular weight excluding hydrogens is 312 g/mol. The molecule has 0 amide bonds. The van der Waals surface area contributed by atoms with Crippen molar-refractivity contribution in [1.29, 1.82) is 0 Å². The summed E-state index contributed by atoms with van der Waals surface area (Å²) in [5, 5.41) is 3.69. The molecule has 0 aliphatic carbocycles. The Morgan fingerprint density at radius 1 is 1.45 bits per heavy atom. The standard InChI is InChI=1S/C17H27BrN2/c1-4-9-20-10-5-6-15(12-20)14(3)19-16-7-8-17(18)13(2)11-16/h7-8,11,14-15,19H,4-6,9-10,12H2,1-3H3. The van der Waals surface area contributed by atoms with E-state index in [2.05, 4.69) is 65.1 Å². The van der Waals surface area contributed by atoms with Crippen molar-refractivity contribution in [3.8, 4) is 0 Å². The van der Waals surface area contributed by atoms with E-state index in [4.69, 9.17) is 0 Å². The summed E-state index contributed by atoms with van der Waals surface area (Å²) in [6.45, 7) is 10.5. The molecule has 1 fully saturated rings. The number of hydrogen-bond acceptors (Lipinski definition) is 2. The molecule has 0 bridgehead atoms. The molecule has 1 heterocycles. The van der Waals surface area contributed by atoms with Crippen LogP contribution in [0.2, 0.25) is 0 Å². The van der Waals surface area contributed by atoms with Crippen LogP contribution in [0.15, 0.2) is 22.7 Å². The van der Waals surface area contributed by atoms with E-state index in [1.807, 2.05) is 0 Å². The van der Waals surface area contributed by atoms with Crippen LogP contribution in [-0.2, 0) is 0 Å². The lowest BCUT2D eigenvalue weighted by Crippen LogP contribution is -2.42. The summed E-state index contributed by atoms with van der Waals surface area (Å²) >= 11 is 3.56. The number of aryl methyl sites for hydroxylation is 1. The number of piperidine rings is 1. The summed E-state index contributed by atoms with van der Waals surface area (Å²) in [4.78, 5) is 2.62. The minimum Gasteiger partial charge on any atom is -0.382 e. The molecule has 0 saturated carbocycles. The van der Waals surface area contributed by atoms with E-state index < -0.39 is 0 Å². The lowest BCUT2D eigenvalue weighted by atomic mass is 9.91. The topological polar surface area (TPSA) is 15.3 Å². The maximum atomic E-state index is 3.69. The fraction of sp³-hybridized carbons (Fsp3) is 0.647. The third kappa shape index (κ3) is 4.23. The highest BCUT2D eigenvalue weighted by Gasteiger charge is 2.24. The average molecular weight is 339 g/mol. The summed E-state index contributed by atoms with van der Waals surface area (Å²) in [5.74, 6) is 0.763. The van der Waals surface area contributed by atoms with E-state index in [9.17, 15) is 0 Å². The molecule has 1 aliphatic rings. The molecule has 0 spiro atoms. The van der Waals surface area contributed by atoms with Crippen LogP contribution in [0.4, 0.5) is 5.69 Å². The third-order valence-corrected chi connectivity index (χ3v) is 5.23. The van der Waals surface area contributed by atoms with Crippen LogP contribution in [-0.4, -0.2) is 30.6 Å². The molecule has 1 aromatic carbocycles. The van der Waals surface area contributed by atoms with Crippen LogP contribution in [0, 0.1) is 12.8 Å². The van der Waals surface area contributed by atoms with Crippen molar-refractivity contribution in [3.63, 3.8) is 0 Å². The van der Waals surface area contributed by atoms with Gasteiger partial charge in [-0.05, 0) is 75.9 Å². The van der Waals surface area contributed by atoms with E-state index in [0.29, 0.717) is 6.04 Å². The van der Waals surface area contributed by atoms with Gasteiger partial charge >= 0.3 is 0 Å². The first-order chi connectivity index (χ1) is 9.60. The van der Waals surface area contributed by atoms with Gasteiger partial charge in [0.1, 0.15) is 0 Å². The van der Waals surface area contributed by atoms with E-state index in [-0.39, 0.29) is 0 Å². The normalized spacial score (nSPS) is 21.7. The van der Waals surface area contributed by atoms with Gasteiger partial charge in [-0.1, -0.05) is 22.9 Å². The number of rotatable bonds is 5. The summed E-state index contributed by atoms with van der Waals surface area (Å²) in [6, 6.07) is 7.07. The van der Waals surface area contributed by atoms with Gasteiger partial charge in [-0.3, -0.25) is 0 Å². The zero-order valence-electron chi connectivity index (χ0n) is 13.0. The van der Waals surface area contributed by atoms with Crippen molar-refractivity contribution < 1.29 is 0 Å². The van der Waals surface area contributed by atoms with Crippen LogP contribution in [0.25, 0.3) is 0 Å². The van der Waals surface area contributed by atoms with Gasteiger partial charge in [0.25, 0.3) is 0 Å². The molecule has 1 aromatic rings. The Bertz CT molecular complexity index is 431. The summed E-state index contributed by atoms with van der Waals surface area (Å²) < 4.78 is 1.18. The molecule has 2 atom stereocenters. The zero-order valence-corrected chi connectivity index (χ0v) is 14.5. The monoisotopic (exact) mass is 338 g/mol. The summed E-state index contributed by atoms with van der Waals surface area (Å²) in [7, 11) is 0. The minimum atomic E-state index is 0.537. The van der Waals surface area contributed by atoms with Crippen LogP contribution < -0.4 is 5.32 Å². The van der Waals surface area contributed by atoms with Gasteiger partial charge in [0, 0.05) is 22.7 Å². The molecule has 1 N–H and O–H groups in total. The predicted octanol–water partition coefficient (Wildman–Crippen LogP) is 4.68. The zero-order chi connectivity index (χ0) is 14.5. The van der Waals surface area contributed by atoms with Crippen molar-refractivity contribution in [2.24, 2.45) is 5.92 Å². The second-order valence-electron chi connectivity index (χ2n) is 6.10. The Morgan fingerprint density at radius 2 is 2.25 bits per heavy atom. The second kappa shape index (κ2) is 7.46. The number of likely N-dealkylation sites (tertiary alicyclic amines) is 1. The Balaban J connectivity index is 1.93. The molecule has 2 nitrogen and oxygen atoms in total. The minimum absolute atomic E-state index is 0.537. The van der Waals surface area contributed by atoms with Gasteiger partial charge in [0.15, 0.2) is 0 Å². The van der Waals surface area contributed by atoms with Gasteiger partial charge in [-0.2, -0.15) is 0 Å². The number of benzene rings is 1. The largest absolute Gasteiger partial charge is 0.382 e. The molecule has 1 aliphatic heterocycles. The van der Waals surface area contributed by atoms with Gasteiger partial charge < -0.3 is 10.2 Å². The SMILES string of the molecule is CCCN1CCCC(C(C)Nc2ccc(Br)c(C)c2)C1.